The lowest BCUT2D eigenvalue weighted by molar-refractivity contribution is 0.194. The first kappa shape index (κ1) is 26.1. The molecule has 0 spiro atoms. The molecule has 2 heterocycles. The Morgan fingerprint density at radius 3 is 2.71 bits per heavy atom. The van der Waals surface area contributed by atoms with Gasteiger partial charge in [-0.2, -0.15) is 0 Å². The number of thiol groups is 1. The summed E-state index contributed by atoms with van der Waals surface area (Å²) in [6.07, 6.45) is 6.11. The molecular weight excluding hydrogens is 469 g/mol. The molecule has 2 amide bonds. The van der Waals surface area contributed by atoms with Crippen LogP contribution in [0.4, 0.5) is 14.9 Å². The van der Waals surface area contributed by atoms with Gasteiger partial charge in [-0.15, -0.1) is 12.6 Å². The molecular formula is C25H28FN5O3S. The molecule has 0 unspecified atom stereocenters. The Morgan fingerprint density at radius 2 is 2.03 bits per heavy atom. The fourth-order valence-corrected chi connectivity index (χ4v) is 3.42. The van der Waals surface area contributed by atoms with E-state index in [0.717, 1.165) is 37.7 Å². The number of nitrogens with zero attached hydrogens (tertiary/aromatic N) is 2. The molecule has 0 aliphatic carbocycles. The number of rotatable bonds is 11. The molecule has 0 fully saturated rings. The van der Waals surface area contributed by atoms with Gasteiger partial charge in [-0.1, -0.05) is 6.07 Å². The van der Waals surface area contributed by atoms with E-state index in [-0.39, 0.29) is 11.4 Å². The Morgan fingerprint density at radius 1 is 1.20 bits per heavy atom. The lowest BCUT2D eigenvalue weighted by Gasteiger charge is -2.12. The number of pyridine rings is 2. The highest BCUT2D eigenvalue weighted by molar-refractivity contribution is 7.90. The smallest absolute Gasteiger partial charge is 0.316 e. The topological polar surface area (TPSA) is 111 Å². The van der Waals surface area contributed by atoms with Crippen LogP contribution in [0.1, 0.15) is 28.9 Å². The molecule has 0 atom stereocenters. The molecule has 2 aromatic heterocycles. The molecule has 3 aromatic rings. The number of benzene rings is 1. The van der Waals surface area contributed by atoms with Crippen LogP contribution in [0.15, 0.2) is 48.8 Å². The van der Waals surface area contributed by atoms with Crippen molar-refractivity contribution >= 4 is 35.3 Å². The van der Waals surface area contributed by atoms with E-state index in [9.17, 15) is 9.18 Å². The van der Waals surface area contributed by atoms with Crippen molar-refractivity contribution in [2.24, 2.45) is 5.73 Å². The Balaban J connectivity index is 1.70. The molecule has 8 nitrogen and oxygen atoms in total. The van der Waals surface area contributed by atoms with Crippen LogP contribution in [-0.2, 0) is 11.3 Å². The van der Waals surface area contributed by atoms with Gasteiger partial charge in [0.2, 0.25) is 0 Å². The Hall–Kier alpha value is -3.47. The molecule has 0 saturated heterocycles. The molecule has 1 aromatic carbocycles. The van der Waals surface area contributed by atoms with Crippen LogP contribution in [0, 0.1) is 12.7 Å². The van der Waals surface area contributed by atoms with E-state index < -0.39 is 11.8 Å². The van der Waals surface area contributed by atoms with Crippen molar-refractivity contribution in [3.63, 3.8) is 0 Å². The molecule has 184 valence electrons. The summed E-state index contributed by atoms with van der Waals surface area (Å²) >= 11 is 4.59. The highest BCUT2D eigenvalue weighted by atomic mass is 32.1. The largest absolute Gasteiger partial charge is 0.454 e. The van der Waals surface area contributed by atoms with Gasteiger partial charge in [-0.3, -0.25) is 9.97 Å². The summed E-state index contributed by atoms with van der Waals surface area (Å²) in [5.74, 6) is -0.204. The molecule has 0 radical (unpaired) electrons. The number of nitrogens with two attached hydrogens (primary N) is 1. The average molecular weight is 498 g/mol. The average Bonchev–Trinajstić information content (AvgIpc) is 2.83. The lowest BCUT2D eigenvalue weighted by atomic mass is 10.1. The van der Waals surface area contributed by atoms with Crippen molar-refractivity contribution in [3.05, 3.63) is 77.1 Å². The minimum atomic E-state index is -0.777. The number of anilines is 1. The zero-order valence-electron chi connectivity index (χ0n) is 19.5. The normalized spacial score (nSPS) is 11.4. The predicted molar refractivity (Wildman–Crippen MR) is 138 cm³/mol. The third kappa shape index (κ3) is 7.78. The van der Waals surface area contributed by atoms with Gasteiger partial charge in [-0.25, -0.2) is 9.18 Å². The molecule has 35 heavy (non-hydrogen) atoms. The maximum Gasteiger partial charge on any atom is 0.316 e. The van der Waals surface area contributed by atoms with Gasteiger partial charge in [0.25, 0.3) is 0 Å². The zero-order chi connectivity index (χ0) is 25.2. The van der Waals surface area contributed by atoms with E-state index in [1.165, 1.54) is 12.1 Å². The Labute approximate surface area is 209 Å². The predicted octanol–water partition coefficient (Wildman–Crippen LogP) is 4.76. The van der Waals surface area contributed by atoms with Crippen LogP contribution < -0.4 is 21.1 Å². The van der Waals surface area contributed by atoms with Gasteiger partial charge in [0, 0.05) is 54.9 Å². The number of hydrogen-bond acceptors (Lipinski definition) is 7. The van der Waals surface area contributed by atoms with Crippen LogP contribution in [-0.4, -0.2) is 36.3 Å². The van der Waals surface area contributed by atoms with E-state index in [4.69, 9.17) is 15.2 Å². The summed E-state index contributed by atoms with van der Waals surface area (Å²) in [5, 5.41) is 5.66. The molecule has 0 aliphatic rings. The van der Waals surface area contributed by atoms with E-state index in [1.54, 1.807) is 25.4 Å². The van der Waals surface area contributed by atoms with Crippen LogP contribution in [0.25, 0.3) is 11.0 Å². The fraction of sp³-hybridized carbons (Fsp3) is 0.240. The van der Waals surface area contributed by atoms with Crippen molar-refractivity contribution in [2.75, 3.05) is 25.6 Å². The molecule has 0 saturated carbocycles. The zero-order valence-corrected chi connectivity index (χ0v) is 20.4. The number of urea groups is 1. The number of carbonyl (C=O) groups excluding carboxylic acids is 1. The second kappa shape index (κ2) is 12.8. The Bertz CT molecular complexity index is 1190. The van der Waals surface area contributed by atoms with Crippen molar-refractivity contribution in [1.82, 2.24) is 15.3 Å². The van der Waals surface area contributed by atoms with Crippen molar-refractivity contribution in [3.8, 4) is 11.5 Å². The summed E-state index contributed by atoms with van der Waals surface area (Å²) in [7, 11) is 1.69. The summed E-state index contributed by atoms with van der Waals surface area (Å²) < 4.78 is 25.2. The summed E-state index contributed by atoms with van der Waals surface area (Å²) in [6, 6.07) is 8.81. The maximum absolute atomic E-state index is 14.4. The highest BCUT2D eigenvalue weighted by Crippen LogP contribution is 2.31. The lowest BCUT2D eigenvalue weighted by Crippen LogP contribution is -2.19. The number of carbonyl (C=O) groups is 1. The third-order valence-corrected chi connectivity index (χ3v) is 5.36. The number of nitrogens with one attached hydrogen (secondary N) is 2. The number of halogens is 1. The molecule has 0 aliphatic heterocycles. The van der Waals surface area contributed by atoms with Gasteiger partial charge in [0.15, 0.2) is 11.6 Å². The molecule has 0 bridgehead atoms. The number of ether oxygens (including phenoxy) is 2. The number of primary amides is 1. The number of aromatic nitrogens is 2. The number of hydrogen-bond donors (Lipinski definition) is 4. The summed E-state index contributed by atoms with van der Waals surface area (Å²) in [5.41, 5.74) is 8.38. The van der Waals surface area contributed by atoms with Crippen molar-refractivity contribution in [2.45, 2.75) is 19.9 Å². The third-order valence-electron chi connectivity index (χ3n) is 5.00. The van der Waals surface area contributed by atoms with E-state index >= 15 is 0 Å². The van der Waals surface area contributed by atoms with E-state index in [2.05, 4.69) is 33.2 Å². The van der Waals surface area contributed by atoms with E-state index in [1.807, 2.05) is 25.3 Å². The second-order valence-electron chi connectivity index (χ2n) is 7.66. The van der Waals surface area contributed by atoms with E-state index in [0.29, 0.717) is 27.6 Å². The SMILES string of the molecule is COCCCNCc1ccc(/C(S)=C/c2nccc(Oc3ccc(NC(N)=O)cc3F)c2C)nc1. The number of amides is 2. The van der Waals surface area contributed by atoms with Crippen molar-refractivity contribution in [1.29, 1.82) is 0 Å². The highest BCUT2D eigenvalue weighted by Gasteiger charge is 2.12. The van der Waals surface area contributed by atoms with Gasteiger partial charge < -0.3 is 25.8 Å². The first-order valence-electron chi connectivity index (χ1n) is 10.9. The van der Waals surface area contributed by atoms with Gasteiger partial charge in [-0.05, 0) is 55.8 Å². The second-order valence-corrected chi connectivity index (χ2v) is 8.14. The molecule has 3 rings (SSSR count). The number of methoxy groups -OCH3 is 1. The van der Waals surface area contributed by atoms with Crippen LogP contribution in [0.3, 0.4) is 0 Å². The van der Waals surface area contributed by atoms with Gasteiger partial charge >= 0.3 is 6.03 Å². The minimum absolute atomic E-state index is 0.00318. The molecule has 4 N–H and O–H groups in total. The van der Waals surface area contributed by atoms with Crippen molar-refractivity contribution < 1.29 is 18.7 Å². The maximum atomic E-state index is 14.4. The summed E-state index contributed by atoms with van der Waals surface area (Å²) in [6.45, 7) is 4.14. The Kier molecular flexibility index (Phi) is 9.59. The van der Waals surface area contributed by atoms with Crippen LogP contribution >= 0.6 is 12.6 Å². The first-order chi connectivity index (χ1) is 16.9. The minimum Gasteiger partial charge on any atom is -0.454 e. The standard InChI is InChI=1S/C25H28FN5O3S/c1-16-21(13-24(35)20-6-4-17(15-30-20)14-28-9-3-11-33-2)29-10-8-22(16)34-23-7-5-18(12-19(23)26)31-25(27)32/h4-8,10,12-13,15,28,35H,3,9,11,14H2,1-2H3,(H3,27,31,32)/b24-13-. The van der Waals surface area contributed by atoms with Crippen LogP contribution in [0.2, 0.25) is 0 Å². The van der Waals surface area contributed by atoms with Gasteiger partial charge in [0.05, 0.1) is 11.4 Å². The monoisotopic (exact) mass is 497 g/mol. The van der Waals surface area contributed by atoms with Crippen LogP contribution in [0.5, 0.6) is 11.5 Å². The molecule has 10 heteroatoms. The summed E-state index contributed by atoms with van der Waals surface area (Å²) in [4.78, 5) is 20.5. The first-order valence-corrected chi connectivity index (χ1v) is 11.4. The van der Waals surface area contributed by atoms with Gasteiger partial charge in [0.1, 0.15) is 5.75 Å². The quantitative estimate of drug-likeness (QED) is 0.225. The fourth-order valence-electron chi connectivity index (χ4n) is 3.17.